The standard InChI is InChI=1S/C46H60N7O24P3/c1-24(2)18-32(48-40(58)31(47)22-38(54)55)41(59)49-33(19-25-5-11-28(12-6-25)75-78(66,67)68)42(60)51-35(23-39(56)57)44(62)50-34(20-26-7-13-29(14-8-26)76-79(69,70)71)43(61)52-36(45(63)53-17-3-4-37(53)46(64)65)21-27-9-15-30(16-10-27)77-80(72,73)74/h5-16,24,31-37,66-74H,3-4,17-23,47H2,1-2H3,(H5-3,48,49,50,51,52,54,55,56,57,58,59,60,61,62,64,65)/p+4/t31-,32-,33-,34-,35-,36-,37-/m0/s1. The molecule has 0 saturated carbocycles. The van der Waals surface area contributed by atoms with Gasteiger partial charge in [0.15, 0.2) is 23.3 Å². The van der Waals surface area contributed by atoms with E-state index in [4.69, 9.17) is 9.05 Å². The van der Waals surface area contributed by atoms with E-state index < -0.39 is 146 Å². The van der Waals surface area contributed by atoms with Gasteiger partial charge in [0.25, 0.3) is 5.91 Å². The molecule has 1 aliphatic heterocycles. The van der Waals surface area contributed by atoms with Crippen molar-refractivity contribution in [2.45, 2.75) is 108 Å². The molecular formula is C46H64N7O24P3+4. The molecule has 6 amide bonds. The Labute approximate surface area is 456 Å². The lowest BCUT2D eigenvalue weighted by Gasteiger charge is -2.29. The number of hydrogen-bond acceptors (Lipinski definition) is 21. The highest BCUT2D eigenvalue weighted by Crippen LogP contribution is 2.47. The van der Waals surface area contributed by atoms with E-state index in [1.54, 1.807) is 13.8 Å². The van der Waals surface area contributed by atoms with Gasteiger partial charge in [0.1, 0.15) is 42.7 Å². The molecule has 31 nitrogen and oxygen atoms in total. The summed E-state index contributed by atoms with van der Waals surface area (Å²) in [5, 5.41) is 41.2. The number of aliphatic carboxylic acids is 3. The van der Waals surface area contributed by atoms with Crippen molar-refractivity contribution < 1.29 is 122 Å². The fourth-order valence-corrected chi connectivity index (χ4v) is 9.28. The van der Waals surface area contributed by atoms with E-state index in [0.29, 0.717) is 0 Å². The van der Waals surface area contributed by atoms with Crippen LogP contribution in [0.15, 0.2) is 72.8 Å². The SMILES string of the molecule is CC(C)C[C@H](NC(=O)[C@@H]([NH3+])CC(=O)O)C(=O)N[C@@H](Cc1ccc(O[P+](O)(O)O)cc1)C(=O)N[C@@H](CC(=O)O)C(=O)N[C@@H](Cc1ccc(O[P+](O)(O)O)cc1)C(=O)N[C@@H](Cc1ccc(O[P+](O)(O)O)cc1)C(=O)N1CCC[C@H]1C(=O)O. The van der Waals surface area contributed by atoms with E-state index in [-0.39, 0.29) is 72.1 Å². The van der Waals surface area contributed by atoms with Gasteiger partial charge in [0.05, 0.1) is 6.42 Å². The number of benzene rings is 3. The van der Waals surface area contributed by atoms with Gasteiger partial charge in [0.2, 0.25) is 29.5 Å². The largest absolute Gasteiger partial charge is 0.613 e. The minimum Gasteiger partial charge on any atom is -0.481 e. The van der Waals surface area contributed by atoms with Crippen molar-refractivity contribution in [1.29, 1.82) is 0 Å². The van der Waals surface area contributed by atoms with Crippen LogP contribution >= 0.6 is 24.5 Å². The minimum atomic E-state index is -4.81. The smallest absolute Gasteiger partial charge is 0.481 e. The van der Waals surface area contributed by atoms with Crippen molar-refractivity contribution in [3.8, 4) is 17.2 Å². The summed E-state index contributed by atoms with van der Waals surface area (Å²) in [6.45, 7) is 3.31. The molecule has 34 heteroatoms. The predicted octanol–water partition coefficient (Wildman–Crippen LogP) is -3.08. The Morgan fingerprint density at radius 2 is 0.850 bits per heavy atom. The van der Waals surface area contributed by atoms with Crippen molar-refractivity contribution in [1.82, 2.24) is 31.5 Å². The molecule has 0 aromatic heterocycles. The summed E-state index contributed by atoms with van der Waals surface area (Å²) in [5.41, 5.74) is 4.13. The van der Waals surface area contributed by atoms with Gasteiger partial charge in [-0.15, -0.1) is 0 Å². The van der Waals surface area contributed by atoms with E-state index in [1.165, 1.54) is 48.5 Å². The van der Waals surface area contributed by atoms with Crippen LogP contribution in [-0.2, 0) is 62.4 Å². The lowest BCUT2D eigenvalue weighted by molar-refractivity contribution is -0.403. The number of quaternary nitrogens is 1. The first-order chi connectivity index (χ1) is 37.1. The Bertz CT molecular complexity index is 2670. The van der Waals surface area contributed by atoms with E-state index in [9.17, 15) is 103 Å². The molecule has 80 heavy (non-hydrogen) atoms. The molecule has 4 rings (SSSR count). The highest BCUT2D eigenvalue weighted by molar-refractivity contribution is 7.54. The number of carbonyl (C=O) groups is 9. The van der Waals surface area contributed by atoms with Crippen molar-refractivity contribution in [2.24, 2.45) is 5.92 Å². The Hall–Kier alpha value is -6.82. The summed E-state index contributed by atoms with van der Waals surface area (Å²) in [4.78, 5) is 206. The molecule has 0 bridgehead atoms. The number of carboxylic acids is 3. The van der Waals surface area contributed by atoms with Crippen molar-refractivity contribution in [2.75, 3.05) is 6.54 Å². The molecule has 3 aromatic rings. The Kier molecular flexibility index (Phi) is 23.9. The summed E-state index contributed by atoms with van der Waals surface area (Å²) in [6, 6.07) is 3.17. The number of amides is 6. The minimum absolute atomic E-state index is 0.0506. The first kappa shape index (κ1) is 65.7. The molecular weight excluding hydrogens is 1130 g/mol. The summed E-state index contributed by atoms with van der Waals surface area (Å²) in [5.74, 6) is -12.0. The molecule has 0 radical (unpaired) electrons. The second kappa shape index (κ2) is 29.1. The van der Waals surface area contributed by atoms with Crippen molar-refractivity contribution >= 4 is 77.9 Å². The van der Waals surface area contributed by atoms with Crippen LogP contribution in [0.5, 0.6) is 17.2 Å². The van der Waals surface area contributed by atoms with Crippen LogP contribution in [0, 0.1) is 5.92 Å². The maximum atomic E-state index is 14.6. The number of nitrogens with zero attached hydrogens (tertiary/aromatic N) is 1. The molecule has 0 unspecified atom stereocenters. The molecule has 1 aliphatic rings. The van der Waals surface area contributed by atoms with Crippen LogP contribution in [0.4, 0.5) is 0 Å². The third-order valence-corrected chi connectivity index (χ3v) is 13.0. The molecule has 1 heterocycles. The van der Waals surface area contributed by atoms with Gasteiger partial charge in [-0.25, -0.2) is 4.79 Å². The van der Waals surface area contributed by atoms with E-state index in [0.717, 1.165) is 29.2 Å². The average molecular weight is 1190 g/mol. The molecule has 438 valence electrons. The summed E-state index contributed by atoms with van der Waals surface area (Å²) in [6.07, 6.45) is -3.06. The normalized spacial score (nSPS) is 15.9. The quantitative estimate of drug-likeness (QED) is 0.0294. The highest BCUT2D eigenvalue weighted by Gasteiger charge is 2.41. The van der Waals surface area contributed by atoms with E-state index in [1.807, 2.05) is 0 Å². The number of carboxylic acid groups (broad SMARTS) is 3. The first-order valence-corrected chi connectivity index (χ1v) is 28.7. The molecule has 1 fully saturated rings. The number of likely N-dealkylation sites (tertiary alicyclic amines) is 1. The zero-order valence-corrected chi connectivity index (χ0v) is 45.4. The van der Waals surface area contributed by atoms with Crippen LogP contribution in [0.3, 0.4) is 0 Å². The molecule has 3 aromatic carbocycles. The Morgan fingerprint density at radius 1 is 0.512 bits per heavy atom. The third kappa shape index (κ3) is 22.7. The van der Waals surface area contributed by atoms with Crippen LogP contribution in [0.1, 0.15) is 62.6 Å². The number of rotatable bonds is 30. The lowest BCUT2D eigenvalue weighted by Crippen LogP contribution is -2.69. The maximum Gasteiger partial charge on any atom is 0.613 e. The van der Waals surface area contributed by atoms with Crippen LogP contribution in [-0.4, -0.2) is 166 Å². The molecule has 1 saturated heterocycles. The number of nitrogens with one attached hydrogen (secondary N) is 5. The van der Waals surface area contributed by atoms with Gasteiger partial charge in [0, 0.05) is 25.8 Å². The number of hydrogen-bond donors (Lipinski definition) is 18. The van der Waals surface area contributed by atoms with Gasteiger partial charge in [-0.2, -0.15) is 44.0 Å². The van der Waals surface area contributed by atoms with Crippen LogP contribution in [0.25, 0.3) is 0 Å². The second-order valence-corrected chi connectivity index (χ2v) is 22.3. The highest BCUT2D eigenvalue weighted by atomic mass is 31.2. The maximum absolute atomic E-state index is 14.6. The monoisotopic (exact) mass is 1190 g/mol. The molecule has 20 N–H and O–H groups in total. The fraction of sp³-hybridized carbons (Fsp3) is 0.413. The van der Waals surface area contributed by atoms with Gasteiger partial charge < -0.3 is 52.5 Å². The van der Waals surface area contributed by atoms with Crippen molar-refractivity contribution in [3.63, 3.8) is 0 Å². The average Bonchev–Trinajstić information content (AvgIpc) is 3.83. The fourth-order valence-electron chi connectivity index (χ4n) is 8.07. The van der Waals surface area contributed by atoms with E-state index in [2.05, 4.69) is 36.8 Å². The summed E-state index contributed by atoms with van der Waals surface area (Å²) >= 11 is 0. The lowest BCUT2D eigenvalue weighted by atomic mass is 10.00. The van der Waals surface area contributed by atoms with Crippen LogP contribution in [0.2, 0.25) is 0 Å². The topological polar surface area (TPSA) is 515 Å². The van der Waals surface area contributed by atoms with Crippen LogP contribution < -0.4 is 45.9 Å². The zero-order valence-electron chi connectivity index (χ0n) is 42.7. The summed E-state index contributed by atoms with van der Waals surface area (Å²) < 4.78 is 14.1. The van der Waals surface area contributed by atoms with Gasteiger partial charge in [-0.05, 0) is 78.3 Å². The van der Waals surface area contributed by atoms with Gasteiger partial charge >= 0.3 is 42.4 Å². The predicted molar refractivity (Wildman–Crippen MR) is 276 cm³/mol. The Balaban J connectivity index is 1.74. The first-order valence-electron chi connectivity index (χ1n) is 24.0. The second-order valence-electron chi connectivity index (χ2n) is 18.7. The zero-order chi connectivity index (χ0) is 59.9. The third-order valence-electron chi connectivity index (χ3n) is 11.6. The Morgan fingerprint density at radius 3 is 1.21 bits per heavy atom. The molecule has 7 atom stereocenters. The van der Waals surface area contributed by atoms with Crippen molar-refractivity contribution in [3.05, 3.63) is 89.5 Å². The molecule has 0 spiro atoms. The van der Waals surface area contributed by atoms with Gasteiger partial charge in [-0.3, -0.25) is 51.9 Å². The summed E-state index contributed by atoms with van der Waals surface area (Å²) in [7, 11) is -14.3. The van der Waals surface area contributed by atoms with Gasteiger partial charge in [-0.1, -0.05) is 50.2 Å². The molecule has 0 aliphatic carbocycles. The number of carbonyl (C=O) groups excluding carboxylic acids is 6. The van der Waals surface area contributed by atoms with E-state index >= 15 is 0 Å².